The van der Waals surface area contributed by atoms with Gasteiger partial charge in [0.2, 0.25) is 17.4 Å². The number of hydrogen-bond acceptors (Lipinski definition) is 7. The largest absolute Gasteiger partial charge is 0.438 e. The highest BCUT2D eigenvalue weighted by Crippen LogP contribution is 2.32. The predicted molar refractivity (Wildman–Crippen MR) is 121 cm³/mol. The summed E-state index contributed by atoms with van der Waals surface area (Å²) in [7, 11) is 1.75. The van der Waals surface area contributed by atoms with Crippen LogP contribution < -0.4 is 20.9 Å². The maximum absolute atomic E-state index is 12.4. The highest BCUT2D eigenvalue weighted by atomic mass is 16.5. The molecule has 160 valence electrons. The van der Waals surface area contributed by atoms with Gasteiger partial charge in [-0.15, -0.1) is 0 Å². The van der Waals surface area contributed by atoms with E-state index in [9.17, 15) is 9.59 Å². The van der Waals surface area contributed by atoms with Gasteiger partial charge in [-0.25, -0.2) is 15.0 Å². The summed E-state index contributed by atoms with van der Waals surface area (Å²) >= 11 is 0. The van der Waals surface area contributed by atoms with Gasteiger partial charge in [-0.05, 0) is 55.0 Å². The summed E-state index contributed by atoms with van der Waals surface area (Å²) in [6.45, 7) is 1.87. The van der Waals surface area contributed by atoms with Crippen molar-refractivity contribution >= 4 is 17.5 Å². The lowest BCUT2D eigenvalue weighted by Crippen LogP contribution is -2.14. The Morgan fingerprint density at radius 3 is 2.69 bits per heavy atom. The third-order valence-electron chi connectivity index (χ3n) is 4.61. The number of carbonyl (C=O) groups excluding carboxylic acids is 1. The van der Waals surface area contributed by atoms with E-state index in [1.54, 1.807) is 43.7 Å². The van der Waals surface area contributed by atoms with Crippen molar-refractivity contribution in [1.29, 1.82) is 0 Å². The molecule has 0 spiro atoms. The first-order chi connectivity index (χ1) is 15.5. The molecule has 9 nitrogen and oxygen atoms in total. The summed E-state index contributed by atoms with van der Waals surface area (Å²) in [6.07, 6.45) is 4.68. The summed E-state index contributed by atoms with van der Waals surface area (Å²) < 4.78 is 6.08. The number of pyridine rings is 2. The molecule has 0 aliphatic rings. The van der Waals surface area contributed by atoms with Crippen LogP contribution in [0.4, 0.5) is 11.6 Å². The zero-order valence-corrected chi connectivity index (χ0v) is 17.4. The summed E-state index contributed by atoms with van der Waals surface area (Å²) in [5.41, 5.74) is 2.89. The van der Waals surface area contributed by atoms with Gasteiger partial charge < -0.3 is 20.4 Å². The topological polar surface area (TPSA) is 122 Å². The molecule has 0 radical (unpaired) electrons. The molecular weight excluding hydrogens is 408 g/mol. The van der Waals surface area contributed by atoms with Crippen molar-refractivity contribution in [2.24, 2.45) is 0 Å². The summed E-state index contributed by atoms with van der Waals surface area (Å²) in [5, 5.41) is 5.72. The molecule has 1 aromatic carbocycles. The smallest absolute Gasteiger partial charge is 0.257 e. The van der Waals surface area contributed by atoms with E-state index in [4.69, 9.17) is 4.74 Å². The third-order valence-corrected chi connectivity index (χ3v) is 4.61. The highest BCUT2D eigenvalue weighted by Gasteiger charge is 2.13. The number of anilines is 2. The van der Waals surface area contributed by atoms with Crippen molar-refractivity contribution in [3.63, 3.8) is 0 Å². The van der Waals surface area contributed by atoms with Crippen LogP contribution in [-0.2, 0) is 0 Å². The monoisotopic (exact) mass is 428 g/mol. The number of H-pyrrole nitrogens is 1. The minimum Gasteiger partial charge on any atom is -0.438 e. The second-order valence-corrected chi connectivity index (χ2v) is 6.85. The fourth-order valence-electron chi connectivity index (χ4n) is 3.00. The number of amides is 1. The first-order valence-electron chi connectivity index (χ1n) is 9.78. The van der Waals surface area contributed by atoms with E-state index in [0.29, 0.717) is 34.5 Å². The molecule has 0 bridgehead atoms. The number of nitrogens with zero attached hydrogens (tertiary/aromatic N) is 3. The normalized spacial score (nSPS) is 10.4. The van der Waals surface area contributed by atoms with E-state index in [1.165, 1.54) is 18.3 Å². The second-order valence-electron chi connectivity index (χ2n) is 6.85. The Bertz CT molecular complexity index is 1310. The van der Waals surface area contributed by atoms with Gasteiger partial charge in [-0.2, -0.15) is 0 Å². The number of benzene rings is 1. The van der Waals surface area contributed by atoms with E-state index in [-0.39, 0.29) is 11.5 Å². The molecule has 0 aliphatic carbocycles. The standard InChI is InChI=1S/C23H20N6O3/c1-14-12-16(28-21(31)15-5-8-20(30)27-13-15)6-7-19(14)32-22-17(4-3-10-25-22)18-9-11-26-23(24-2)29-18/h3-13H,1-2H3,(H,27,30)(H,28,31)(H,24,26,29). The zero-order chi connectivity index (χ0) is 22.5. The van der Waals surface area contributed by atoms with Gasteiger partial charge in [-0.1, -0.05) is 0 Å². The molecule has 4 rings (SSSR count). The van der Waals surface area contributed by atoms with E-state index in [2.05, 4.69) is 30.6 Å². The number of aromatic nitrogens is 4. The highest BCUT2D eigenvalue weighted by molar-refractivity contribution is 6.04. The van der Waals surface area contributed by atoms with Crippen molar-refractivity contribution in [1.82, 2.24) is 19.9 Å². The molecule has 0 fully saturated rings. The van der Waals surface area contributed by atoms with Crippen molar-refractivity contribution in [3.05, 3.63) is 88.6 Å². The van der Waals surface area contributed by atoms with Crippen LogP contribution >= 0.6 is 0 Å². The number of carbonyl (C=O) groups is 1. The Labute approximate surface area is 183 Å². The zero-order valence-electron chi connectivity index (χ0n) is 17.4. The van der Waals surface area contributed by atoms with Gasteiger partial charge in [0.1, 0.15) is 5.75 Å². The van der Waals surface area contributed by atoms with Crippen LogP contribution in [-0.4, -0.2) is 32.9 Å². The molecule has 4 aromatic rings. The van der Waals surface area contributed by atoms with E-state index in [0.717, 1.165) is 11.1 Å². The maximum atomic E-state index is 12.4. The van der Waals surface area contributed by atoms with Crippen LogP contribution in [0.2, 0.25) is 0 Å². The van der Waals surface area contributed by atoms with Crippen LogP contribution in [0.15, 0.2) is 71.9 Å². The average molecular weight is 428 g/mol. The van der Waals surface area contributed by atoms with E-state index < -0.39 is 0 Å². The van der Waals surface area contributed by atoms with Gasteiger partial charge in [-0.3, -0.25) is 9.59 Å². The first kappa shape index (κ1) is 20.7. The van der Waals surface area contributed by atoms with Crippen LogP contribution in [0.3, 0.4) is 0 Å². The minimum absolute atomic E-state index is 0.267. The van der Waals surface area contributed by atoms with Gasteiger partial charge in [0.25, 0.3) is 5.91 Å². The van der Waals surface area contributed by atoms with Crippen LogP contribution in [0.5, 0.6) is 11.6 Å². The SMILES string of the molecule is CNc1nccc(-c2cccnc2Oc2ccc(NC(=O)c3ccc(=O)[nH]c3)cc2C)n1. The van der Waals surface area contributed by atoms with Gasteiger partial charge in [0, 0.05) is 37.4 Å². The molecule has 0 saturated carbocycles. The quantitative estimate of drug-likeness (QED) is 0.429. The van der Waals surface area contributed by atoms with Crippen LogP contribution in [0.25, 0.3) is 11.3 Å². The molecule has 0 atom stereocenters. The molecule has 0 saturated heterocycles. The maximum Gasteiger partial charge on any atom is 0.257 e. The molecular formula is C23H20N6O3. The molecule has 3 heterocycles. The number of aromatic amines is 1. The Morgan fingerprint density at radius 2 is 1.94 bits per heavy atom. The minimum atomic E-state index is -0.328. The number of ether oxygens (including phenoxy) is 1. The van der Waals surface area contributed by atoms with Gasteiger partial charge in [0.05, 0.1) is 16.8 Å². The average Bonchev–Trinajstić information content (AvgIpc) is 2.81. The van der Waals surface area contributed by atoms with Crippen molar-refractivity contribution in [2.45, 2.75) is 6.92 Å². The third kappa shape index (κ3) is 4.62. The second kappa shape index (κ2) is 9.09. The Kier molecular flexibility index (Phi) is 5.89. The van der Waals surface area contributed by atoms with Crippen molar-refractivity contribution < 1.29 is 9.53 Å². The summed E-state index contributed by atoms with van der Waals surface area (Å²) in [4.78, 5) is 39.0. The first-order valence-corrected chi connectivity index (χ1v) is 9.78. The fraction of sp³-hybridized carbons (Fsp3) is 0.0870. The molecule has 0 aliphatic heterocycles. The van der Waals surface area contributed by atoms with Crippen molar-refractivity contribution in [3.8, 4) is 22.9 Å². The Balaban J connectivity index is 1.55. The molecule has 0 unspecified atom stereocenters. The molecule has 3 N–H and O–H groups in total. The number of aryl methyl sites for hydroxylation is 1. The molecule has 1 amide bonds. The van der Waals surface area contributed by atoms with Crippen molar-refractivity contribution in [2.75, 3.05) is 17.7 Å². The molecule has 9 heteroatoms. The van der Waals surface area contributed by atoms with Crippen LogP contribution in [0, 0.1) is 6.92 Å². The van der Waals surface area contributed by atoms with Gasteiger partial charge in [0.15, 0.2) is 0 Å². The fourth-order valence-corrected chi connectivity index (χ4v) is 3.00. The van der Waals surface area contributed by atoms with E-state index in [1.807, 2.05) is 19.1 Å². The Hall–Kier alpha value is -4.53. The molecule has 3 aromatic heterocycles. The molecule has 32 heavy (non-hydrogen) atoms. The number of hydrogen-bond donors (Lipinski definition) is 3. The lowest BCUT2D eigenvalue weighted by Gasteiger charge is -2.13. The predicted octanol–water partition coefficient (Wildman–Crippen LogP) is 3.62. The number of rotatable bonds is 6. The summed E-state index contributed by atoms with van der Waals surface area (Å²) in [6, 6.07) is 13.5. The number of nitrogens with one attached hydrogen (secondary N) is 3. The lowest BCUT2D eigenvalue weighted by molar-refractivity contribution is 0.102. The summed E-state index contributed by atoms with van der Waals surface area (Å²) in [5.74, 6) is 1.16. The van der Waals surface area contributed by atoms with Gasteiger partial charge >= 0.3 is 0 Å². The van der Waals surface area contributed by atoms with E-state index >= 15 is 0 Å². The van der Waals surface area contributed by atoms with Crippen LogP contribution in [0.1, 0.15) is 15.9 Å². The lowest BCUT2D eigenvalue weighted by atomic mass is 10.1. The Morgan fingerprint density at radius 1 is 1.06 bits per heavy atom.